The second-order valence-electron chi connectivity index (χ2n) is 14.1. The number of pyridine rings is 1. The third-order valence-electron chi connectivity index (χ3n) is 11.0. The van der Waals surface area contributed by atoms with Crippen LogP contribution < -0.4 is 0 Å². The van der Waals surface area contributed by atoms with Crippen LogP contribution in [-0.4, -0.2) is 8.97 Å². The predicted octanol–water partition coefficient (Wildman–Crippen LogP) is 14.2. The van der Waals surface area contributed by atoms with Crippen LogP contribution in [0.3, 0.4) is 0 Å². The minimum atomic E-state index is 0.813. The van der Waals surface area contributed by atoms with Gasteiger partial charge in [0.05, 0.1) is 16.6 Å². The smallest absolute Gasteiger partial charge is 0.132 e. The lowest BCUT2D eigenvalue weighted by Crippen LogP contribution is -2.02. The lowest BCUT2D eigenvalue weighted by atomic mass is 9.95. The van der Waals surface area contributed by atoms with E-state index in [1.165, 1.54) is 65.9 Å². The number of rotatable bonds is 5. The van der Waals surface area contributed by atoms with Crippen molar-refractivity contribution in [1.82, 2.24) is 8.97 Å². The molecule has 11 rings (SSSR count). The molecule has 3 heteroatoms. The van der Waals surface area contributed by atoms with Gasteiger partial charge in [-0.3, -0.25) is 8.97 Å². The van der Waals surface area contributed by atoms with Crippen molar-refractivity contribution in [3.05, 3.63) is 199 Å². The van der Waals surface area contributed by atoms with Crippen LogP contribution in [0.4, 0.5) is 0 Å². The van der Waals surface area contributed by atoms with E-state index in [0.717, 1.165) is 38.0 Å². The third kappa shape index (κ3) is 4.62. The topological polar surface area (TPSA) is 9.34 Å². The molecule has 11 aromatic rings. The standard InChI is InChI=1S/C51H32N2S/c54-51-42-25-11-10-23-40(42)44-31-39(34-17-6-2-7-18-34)32-45-48(35-19-8-3-9-20-35)50(53(51)49(44)45)52-46-26-13-12-24-41(46)43-30-38(27-28-47(43)52)37-22-14-21-36(29-37)33-15-4-1-5-16-33/h1-32H. The molecule has 0 aliphatic rings. The molecule has 252 valence electrons. The van der Waals surface area contributed by atoms with E-state index >= 15 is 0 Å². The van der Waals surface area contributed by atoms with Crippen LogP contribution in [0.5, 0.6) is 0 Å². The number of benzene rings is 8. The molecule has 0 fully saturated rings. The maximum Gasteiger partial charge on any atom is 0.132 e. The minimum absolute atomic E-state index is 0.813. The number of fused-ring (bicyclic) bond motifs is 5. The monoisotopic (exact) mass is 704 g/mol. The van der Waals surface area contributed by atoms with Crippen LogP contribution in [0.2, 0.25) is 0 Å². The Morgan fingerprint density at radius 3 is 1.54 bits per heavy atom. The Hall–Kier alpha value is -6.81. The minimum Gasteiger partial charge on any atom is -0.294 e. The van der Waals surface area contributed by atoms with E-state index in [2.05, 4.69) is 203 Å². The lowest BCUT2D eigenvalue weighted by molar-refractivity contribution is 1.04. The molecule has 0 radical (unpaired) electrons. The molecular formula is C51H32N2S. The highest BCUT2D eigenvalue weighted by molar-refractivity contribution is 7.71. The zero-order chi connectivity index (χ0) is 35.8. The second-order valence-corrected chi connectivity index (χ2v) is 14.5. The van der Waals surface area contributed by atoms with Crippen molar-refractivity contribution in [1.29, 1.82) is 0 Å². The van der Waals surface area contributed by atoms with Gasteiger partial charge in [0.1, 0.15) is 10.5 Å². The van der Waals surface area contributed by atoms with E-state index in [0.29, 0.717) is 0 Å². The Kier molecular flexibility index (Phi) is 6.91. The summed E-state index contributed by atoms with van der Waals surface area (Å²) < 4.78 is 5.64. The van der Waals surface area contributed by atoms with Crippen molar-refractivity contribution in [3.8, 4) is 50.3 Å². The number of hydrogen-bond donors (Lipinski definition) is 0. The van der Waals surface area contributed by atoms with Crippen LogP contribution in [0.25, 0.3) is 99.2 Å². The van der Waals surface area contributed by atoms with Gasteiger partial charge in [0.25, 0.3) is 0 Å². The molecule has 54 heavy (non-hydrogen) atoms. The highest BCUT2D eigenvalue weighted by atomic mass is 32.1. The maximum atomic E-state index is 6.53. The SMILES string of the molecule is S=c1c2ccccc2c2cc(-c3ccccc3)cc3c(-c4ccccc4)c(-n4c5ccccc5c5cc(-c6cccc(-c7ccccc7)c6)ccc54)n1c32. The average molecular weight is 705 g/mol. The molecule has 0 N–H and O–H groups in total. The van der Waals surface area contributed by atoms with Gasteiger partial charge in [0.15, 0.2) is 0 Å². The molecule has 0 amide bonds. The quantitative estimate of drug-likeness (QED) is 0.128. The summed E-state index contributed by atoms with van der Waals surface area (Å²) in [6.45, 7) is 0. The van der Waals surface area contributed by atoms with E-state index in [1.54, 1.807) is 0 Å². The van der Waals surface area contributed by atoms with E-state index in [-0.39, 0.29) is 0 Å². The molecule has 0 spiro atoms. The van der Waals surface area contributed by atoms with Gasteiger partial charge in [-0.2, -0.15) is 0 Å². The maximum absolute atomic E-state index is 6.53. The first kappa shape index (κ1) is 30.8. The molecule has 0 atom stereocenters. The van der Waals surface area contributed by atoms with E-state index < -0.39 is 0 Å². The second kappa shape index (κ2) is 12.1. The molecule has 3 heterocycles. The fourth-order valence-electron chi connectivity index (χ4n) is 8.62. The van der Waals surface area contributed by atoms with Crippen molar-refractivity contribution >= 4 is 61.1 Å². The predicted molar refractivity (Wildman–Crippen MR) is 231 cm³/mol. The summed E-state index contributed by atoms with van der Waals surface area (Å²) >= 11 is 6.53. The Morgan fingerprint density at radius 1 is 0.315 bits per heavy atom. The molecular weight excluding hydrogens is 673 g/mol. The van der Waals surface area contributed by atoms with Crippen molar-refractivity contribution in [2.24, 2.45) is 0 Å². The van der Waals surface area contributed by atoms with E-state index in [1.807, 2.05) is 0 Å². The highest BCUT2D eigenvalue weighted by Gasteiger charge is 2.26. The summed E-state index contributed by atoms with van der Waals surface area (Å²) in [6, 6.07) is 70.1. The summed E-state index contributed by atoms with van der Waals surface area (Å²) in [5.41, 5.74) is 12.9. The van der Waals surface area contributed by atoms with Gasteiger partial charge < -0.3 is 0 Å². The fraction of sp³-hybridized carbons (Fsp3) is 0. The summed E-state index contributed by atoms with van der Waals surface area (Å²) in [5.74, 6) is 1.06. The molecule has 3 aromatic heterocycles. The van der Waals surface area contributed by atoms with E-state index in [9.17, 15) is 0 Å². The summed E-state index contributed by atoms with van der Waals surface area (Å²) in [6.07, 6.45) is 0. The molecule has 0 bridgehead atoms. The summed E-state index contributed by atoms with van der Waals surface area (Å²) in [5, 5.41) is 7.04. The molecule has 8 aromatic carbocycles. The van der Waals surface area contributed by atoms with Gasteiger partial charge in [0, 0.05) is 32.5 Å². The Bertz CT molecular complexity index is 3270. The Labute approximate surface area is 317 Å². The molecule has 0 aliphatic heterocycles. The van der Waals surface area contributed by atoms with Crippen molar-refractivity contribution in [2.75, 3.05) is 0 Å². The number of aromatic nitrogens is 2. The first-order chi connectivity index (χ1) is 26.7. The lowest BCUT2D eigenvalue weighted by Gasteiger charge is -2.14. The zero-order valence-electron chi connectivity index (χ0n) is 29.3. The molecule has 0 saturated heterocycles. The largest absolute Gasteiger partial charge is 0.294 e. The van der Waals surface area contributed by atoms with Crippen molar-refractivity contribution in [3.63, 3.8) is 0 Å². The number of para-hydroxylation sites is 1. The summed E-state index contributed by atoms with van der Waals surface area (Å²) in [7, 11) is 0. The Morgan fingerprint density at radius 2 is 0.815 bits per heavy atom. The highest BCUT2D eigenvalue weighted by Crippen LogP contribution is 2.46. The van der Waals surface area contributed by atoms with Crippen LogP contribution in [-0.2, 0) is 0 Å². The van der Waals surface area contributed by atoms with Gasteiger partial charge in [-0.15, -0.1) is 0 Å². The van der Waals surface area contributed by atoms with Crippen LogP contribution in [0, 0.1) is 4.64 Å². The first-order valence-electron chi connectivity index (χ1n) is 18.4. The number of hydrogen-bond acceptors (Lipinski definition) is 1. The van der Waals surface area contributed by atoms with Gasteiger partial charge in [-0.05, 0) is 80.7 Å². The van der Waals surface area contributed by atoms with Gasteiger partial charge in [-0.1, -0.05) is 170 Å². The number of nitrogens with zero attached hydrogens (tertiary/aromatic N) is 2. The molecule has 2 nitrogen and oxygen atoms in total. The average Bonchev–Trinajstić information content (AvgIpc) is 3.76. The van der Waals surface area contributed by atoms with Gasteiger partial charge in [0.2, 0.25) is 0 Å². The molecule has 0 aliphatic carbocycles. The van der Waals surface area contributed by atoms with E-state index in [4.69, 9.17) is 12.2 Å². The fourth-order valence-corrected chi connectivity index (χ4v) is 8.98. The van der Waals surface area contributed by atoms with Crippen molar-refractivity contribution in [2.45, 2.75) is 0 Å². The van der Waals surface area contributed by atoms with Gasteiger partial charge in [-0.25, -0.2) is 0 Å². The Balaban J connectivity index is 1.27. The van der Waals surface area contributed by atoms with Crippen LogP contribution >= 0.6 is 12.2 Å². The normalized spacial score (nSPS) is 11.8. The zero-order valence-corrected chi connectivity index (χ0v) is 30.1. The van der Waals surface area contributed by atoms with Crippen LogP contribution in [0.15, 0.2) is 194 Å². The third-order valence-corrected chi connectivity index (χ3v) is 11.4. The van der Waals surface area contributed by atoms with Crippen molar-refractivity contribution < 1.29 is 0 Å². The van der Waals surface area contributed by atoms with Crippen LogP contribution in [0.1, 0.15) is 0 Å². The summed E-state index contributed by atoms with van der Waals surface area (Å²) in [4.78, 5) is 0. The molecule has 0 unspecified atom stereocenters. The van der Waals surface area contributed by atoms with Gasteiger partial charge >= 0.3 is 0 Å². The first-order valence-corrected chi connectivity index (χ1v) is 18.8. The molecule has 0 saturated carbocycles.